The predicted molar refractivity (Wildman–Crippen MR) is 149 cm³/mol. The molecule has 1 saturated heterocycles. The second kappa shape index (κ2) is 11.2. The minimum absolute atomic E-state index is 0. The van der Waals surface area contributed by atoms with Gasteiger partial charge in [-0.2, -0.15) is 0 Å². The second-order valence-electron chi connectivity index (χ2n) is 9.34. The zero-order chi connectivity index (χ0) is 23.7. The van der Waals surface area contributed by atoms with Crippen molar-refractivity contribution in [2.45, 2.75) is 20.3 Å². The smallest absolute Gasteiger partial charge is 0.158 e. The first-order chi connectivity index (χ1) is 16.4. The lowest BCUT2D eigenvalue weighted by Gasteiger charge is -2.34. The molecule has 186 valence electrons. The van der Waals surface area contributed by atoms with Gasteiger partial charge >= 0.3 is 0 Å². The summed E-state index contributed by atoms with van der Waals surface area (Å²) in [5.74, 6) is 2.13. The molecule has 0 radical (unpaired) electrons. The van der Waals surface area contributed by atoms with Gasteiger partial charge in [0.05, 0.1) is 22.6 Å². The molecule has 1 N–H and O–H groups in total. The molecule has 35 heavy (non-hydrogen) atoms. The molecule has 2 aromatic heterocycles. The minimum Gasteiger partial charge on any atom is -0.493 e. The van der Waals surface area contributed by atoms with Crippen LogP contribution in [0.3, 0.4) is 0 Å². The van der Waals surface area contributed by atoms with Crippen molar-refractivity contribution in [3.05, 3.63) is 57.4 Å². The first-order valence-electron chi connectivity index (χ1n) is 11.7. The van der Waals surface area contributed by atoms with Gasteiger partial charge in [-0.05, 0) is 49.4 Å². The van der Waals surface area contributed by atoms with Crippen LogP contribution in [-0.2, 0) is 6.42 Å². The number of aromatic nitrogens is 3. The van der Waals surface area contributed by atoms with Crippen molar-refractivity contribution < 1.29 is 4.74 Å². The van der Waals surface area contributed by atoms with Crippen molar-refractivity contribution in [2.75, 3.05) is 44.7 Å². The normalized spacial score (nSPS) is 14.5. The summed E-state index contributed by atoms with van der Waals surface area (Å²) in [5.41, 5.74) is 5.16. The Morgan fingerprint density at radius 1 is 1.09 bits per heavy atom. The van der Waals surface area contributed by atoms with Crippen molar-refractivity contribution in [1.29, 1.82) is 0 Å². The number of benzene rings is 2. The fourth-order valence-electron chi connectivity index (χ4n) is 4.13. The molecule has 1 fully saturated rings. The lowest BCUT2D eigenvalue weighted by Crippen LogP contribution is -2.44. The molecule has 4 aromatic rings. The number of nitrogens with zero attached hydrogens (tertiary/aromatic N) is 4. The number of hydrogen-bond acceptors (Lipinski definition) is 6. The van der Waals surface area contributed by atoms with Gasteiger partial charge in [-0.25, -0.2) is 9.97 Å². The monoisotopic (exact) mass is 531 g/mol. The van der Waals surface area contributed by atoms with Crippen LogP contribution in [0.1, 0.15) is 24.4 Å². The molecule has 1 aliphatic rings. The number of H-pyrrole nitrogens is 1. The molecular formula is C26H31Cl2N5OS. The van der Waals surface area contributed by atoms with Crippen LogP contribution in [-0.4, -0.2) is 59.7 Å². The van der Waals surface area contributed by atoms with Crippen LogP contribution >= 0.6 is 35.3 Å². The van der Waals surface area contributed by atoms with Crippen LogP contribution in [0.2, 0.25) is 5.02 Å². The number of anilines is 1. The maximum atomic E-state index is 6.27. The summed E-state index contributed by atoms with van der Waals surface area (Å²) in [7, 11) is 2.18. The molecule has 6 nitrogen and oxygen atoms in total. The predicted octanol–water partition coefficient (Wildman–Crippen LogP) is 6.14. The number of piperazine rings is 1. The molecule has 0 amide bonds. The Bertz CT molecular complexity index is 1280. The summed E-state index contributed by atoms with van der Waals surface area (Å²) in [6, 6.07) is 12.3. The number of aromatic amines is 1. The molecule has 2 aromatic carbocycles. The summed E-state index contributed by atoms with van der Waals surface area (Å²) < 4.78 is 6.02. The first kappa shape index (κ1) is 25.8. The Morgan fingerprint density at radius 3 is 2.66 bits per heavy atom. The van der Waals surface area contributed by atoms with Crippen LogP contribution in [0, 0.1) is 5.92 Å². The van der Waals surface area contributed by atoms with E-state index >= 15 is 0 Å². The van der Waals surface area contributed by atoms with Crippen LogP contribution < -0.4 is 9.64 Å². The number of imidazole rings is 1. The minimum atomic E-state index is 0. The summed E-state index contributed by atoms with van der Waals surface area (Å²) in [5, 5.41) is 3.77. The van der Waals surface area contributed by atoms with E-state index in [2.05, 4.69) is 59.3 Å². The van der Waals surface area contributed by atoms with Gasteiger partial charge < -0.3 is 19.5 Å². The van der Waals surface area contributed by atoms with Gasteiger partial charge in [0.2, 0.25) is 0 Å². The zero-order valence-corrected chi connectivity index (χ0v) is 22.6. The molecule has 0 saturated carbocycles. The summed E-state index contributed by atoms with van der Waals surface area (Å²) in [6.45, 7) is 9.23. The molecular weight excluding hydrogens is 501 g/mol. The van der Waals surface area contributed by atoms with E-state index in [0.717, 1.165) is 65.1 Å². The molecule has 0 atom stereocenters. The van der Waals surface area contributed by atoms with E-state index in [4.69, 9.17) is 26.3 Å². The van der Waals surface area contributed by atoms with Crippen molar-refractivity contribution in [3.8, 4) is 17.3 Å². The summed E-state index contributed by atoms with van der Waals surface area (Å²) in [6.07, 6.45) is 0.673. The second-order valence-corrected chi connectivity index (χ2v) is 10.7. The first-order valence-corrected chi connectivity index (χ1v) is 13.0. The topological polar surface area (TPSA) is 57.3 Å². The van der Waals surface area contributed by atoms with Gasteiger partial charge in [0, 0.05) is 54.3 Å². The van der Waals surface area contributed by atoms with Crippen molar-refractivity contribution in [1.82, 2.24) is 19.9 Å². The van der Waals surface area contributed by atoms with Crippen molar-refractivity contribution >= 4 is 52.1 Å². The van der Waals surface area contributed by atoms with E-state index < -0.39 is 0 Å². The van der Waals surface area contributed by atoms with Crippen LogP contribution in [0.4, 0.5) is 5.69 Å². The largest absolute Gasteiger partial charge is 0.493 e. The highest BCUT2D eigenvalue weighted by molar-refractivity contribution is 7.10. The SMILES string of the molecule is CC(C)COc1ccc(Cl)cc1Cc1nc(-c2nc3ccc(N4CCN(C)CC4)cc3[nH]2)cs1.Cl. The molecule has 3 heterocycles. The van der Waals surface area contributed by atoms with E-state index in [0.29, 0.717) is 24.0 Å². The Hall–Kier alpha value is -2.32. The van der Waals surface area contributed by atoms with Gasteiger partial charge in [0.1, 0.15) is 11.4 Å². The molecule has 5 rings (SSSR count). The Balaban J connectivity index is 0.00000289. The zero-order valence-electron chi connectivity index (χ0n) is 20.3. The molecule has 0 aliphatic carbocycles. The van der Waals surface area contributed by atoms with E-state index in [9.17, 15) is 0 Å². The van der Waals surface area contributed by atoms with E-state index in [1.165, 1.54) is 5.69 Å². The lowest BCUT2D eigenvalue weighted by molar-refractivity contribution is 0.269. The number of fused-ring (bicyclic) bond motifs is 1. The maximum absolute atomic E-state index is 6.27. The molecule has 0 bridgehead atoms. The van der Waals surface area contributed by atoms with Gasteiger partial charge in [-0.3, -0.25) is 0 Å². The number of ether oxygens (including phenoxy) is 1. The van der Waals surface area contributed by atoms with Gasteiger partial charge in [0.15, 0.2) is 5.82 Å². The Labute approximate surface area is 221 Å². The highest BCUT2D eigenvalue weighted by Gasteiger charge is 2.17. The summed E-state index contributed by atoms with van der Waals surface area (Å²) >= 11 is 7.91. The fourth-order valence-corrected chi connectivity index (χ4v) is 5.12. The Kier molecular flexibility index (Phi) is 8.22. The van der Waals surface area contributed by atoms with Crippen molar-refractivity contribution in [3.63, 3.8) is 0 Å². The maximum Gasteiger partial charge on any atom is 0.158 e. The highest BCUT2D eigenvalue weighted by atomic mass is 35.5. The number of hydrogen-bond donors (Lipinski definition) is 1. The Morgan fingerprint density at radius 2 is 1.89 bits per heavy atom. The van der Waals surface area contributed by atoms with E-state index in [-0.39, 0.29) is 12.4 Å². The fraction of sp³-hybridized carbons (Fsp3) is 0.385. The van der Waals surface area contributed by atoms with Crippen LogP contribution in [0.15, 0.2) is 41.8 Å². The van der Waals surface area contributed by atoms with Gasteiger partial charge in [0.25, 0.3) is 0 Å². The average Bonchev–Trinajstić information content (AvgIpc) is 3.45. The van der Waals surface area contributed by atoms with E-state index in [1.807, 2.05) is 18.2 Å². The third-order valence-electron chi connectivity index (χ3n) is 6.06. The number of thiazole rings is 1. The molecule has 9 heteroatoms. The number of rotatable bonds is 7. The highest BCUT2D eigenvalue weighted by Crippen LogP contribution is 2.30. The standard InChI is InChI=1S/C26H30ClN5OS.ClH/c1-17(2)15-33-24-7-4-19(27)12-18(24)13-25-28-23(16-34-25)26-29-21-6-5-20(14-22(21)30-26)32-10-8-31(3)9-11-32;/h4-7,12,14,16-17H,8-11,13,15H2,1-3H3,(H,29,30);1H. The summed E-state index contributed by atoms with van der Waals surface area (Å²) in [4.78, 5) is 17.9. The number of likely N-dealkylation sites (N-methyl/N-ethyl adjacent to an activating group) is 1. The van der Waals surface area contributed by atoms with Crippen LogP contribution in [0.5, 0.6) is 5.75 Å². The molecule has 0 unspecified atom stereocenters. The van der Waals surface area contributed by atoms with Gasteiger partial charge in [-0.1, -0.05) is 25.4 Å². The third kappa shape index (κ3) is 6.09. The number of nitrogens with one attached hydrogen (secondary N) is 1. The average molecular weight is 533 g/mol. The molecule has 0 spiro atoms. The quantitative estimate of drug-likeness (QED) is 0.310. The van der Waals surface area contributed by atoms with E-state index in [1.54, 1.807) is 11.3 Å². The lowest BCUT2D eigenvalue weighted by atomic mass is 10.1. The number of halogens is 2. The molecule has 1 aliphatic heterocycles. The third-order valence-corrected chi connectivity index (χ3v) is 7.15. The van der Waals surface area contributed by atoms with Crippen LogP contribution in [0.25, 0.3) is 22.6 Å². The van der Waals surface area contributed by atoms with Crippen molar-refractivity contribution in [2.24, 2.45) is 5.92 Å². The van der Waals surface area contributed by atoms with Gasteiger partial charge in [-0.15, -0.1) is 23.7 Å².